The van der Waals surface area contributed by atoms with Crippen LogP contribution in [0.25, 0.3) is 11.0 Å². The van der Waals surface area contributed by atoms with Gasteiger partial charge in [-0.05, 0) is 38.1 Å². The lowest BCUT2D eigenvalue weighted by atomic mass is 10.3. The summed E-state index contributed by atoms with van der Waals surface area (Å²) in [7, 11) is 0. The Kier molecular flexibility index (Phi) is 4.94. The molecule has 0 saturated carbocycles. The molecule has 2 aromatic carbocycles. The Hall–Kier alpha value is -2.54. The number of thioether (sulfide) groups is 1. The Morgan fingerprint density at radius 3 is 2.28 bits per heavy atom. The first-order valence-electron chi connectivity index (χ1n) is 7.60. The number of halogens is 2. The van der Waals surface area contributed by atoms with Crippen molar-refractivity contribution in [3.05, 3.63) is 59.8 Å². The van der Waals surface area contributed by atoms with E-state index in [1.165, 1.54) is 17.8 Å². The van der Waals surface area contributed by atoms with E-state index in [4.69, 9.17) is 0 Å². The van der Waals surface area contributed by atoms with Gasteiger partial charge in [0.05, 0.1) is 22.0 Å². The fraction of sp³-hybridized carbons (Fsp3) is 0.167. The summed E-state index contributed by atoms with van der Waals surface area (Å²) in [5.74, 6) is -2.14. The molecular weight excluding hydrogens is 344 g/mol. The number of carbonyl (C=O) groups is 1. The lowest BCUT2D eigenvalue weighted by molar-refractivity contribution is -0.115. The first-order chi connectivity index (χ1) is 12.0. The Labute approximate surface area is 147 Å². The molecule has 1 unspecified atom stereocenters. The number of rotatable bonds is 4. The van der Waals surface area contributed by atoms with Crippen LogP contribution in [0.1, 0.15) is 12.6 Å². The maximum absolute atomic E-state index is 13.7. The lowest BCUT2D eigenvalue weighted by Gasteiger charge is -2.14. The minimum absolute atomic E-state index is 0.443. The van der Waals surface area contributed by atoms with Gasteiger partial charge in [-0.1, -0.05) is 30.0 Å². The predicted molar refractivity (Wildman–Crippen MR) is 94.6 cm³/mol. The van der Waals surface area contributed by atoms with Gasteiger partial charge in [0.25, 0.3) is 0 Å². The van der Waals surface area contributed by atoms with Crippen LogP contribution >= 0.6 is 11.8 Å². The fourth-order valence-corrected chi connectivity index (χ4v) is 3.11. The molecule has 1 N–H and O–H groups in total. The lowest BCUT2D eigenvalue weighted by Crippen LogP contribution is -2.24. The zero-order valence-corrected chi connectivity index (χ0v) is 14.4. The van der Waals surface area contributed by atoms with Crippen molar-refractivity contribution in [2.75, 3.05) is 5.32 Å². The van der Waals surface area contributed by atoms with Gasteiger partial charge in [-0.3, -0.25) is 4.79 Å². The first-order valence-corrected chi connectivity index (χ1v) is 8.48. The molecule has 7 heteroatoms. The third-order valence-corrected chi connectivity index (χ3v) is 4.75. The number of nitrogens with one attached hydrogen (secondary N) is 1. The molecule has 25 heavy (non-hydrogen) atoms. The smallest absolute Gasteiger partial charge is 0.237 e. The van der Waals surface area contributed by atoms with E-state index in [9.17, 15) is 13.6 Å². The molecule has 1 atom stereocenters. The molecule has 0 aliphatic heterocycles. The Morgan fingerprint density at radius 1 is 1.04 bits per heavy atom. The standard InChI is InChI=1S/C18H15F2N3OS/c1-10-18(22-15-9-4-3-8-14(15)21-10)25-11(2)17(24)23-16-12(19)6-5-7-13(16)20/h3-9,11H,1-2H3,(H,23,24). The predicted octanol–water partition coefficient (Wildman–Crippen LogP) is 4.34. The number of aromatic nitrogens is 2. The normalized spacial score (nSPS) is 12.2. The molecule has 3 aromatic rings. The van der Waals surface area contributed by atoms with Gasteiger partial charge in [0.1, 0.15) is 22.3 Å². The molecule has 0 fully saturated rings. The number of nitrogens with zero attached hydrogens (tertiary/aromatic N) is 2. The second-order valence-electron chi connectivity index (χ2n) is 5.45. The maximum Gasteiger partial charge on any atom is 0.237 e. The van der Waals surface area contributed by atoms with Crippen molar-refractivity contribution in [1.29, 1.82) is 0 Å². The molecule has 0 saturated heterocycles. The van der Waals surface area contributed by atoms with Gasteiger partial charge < -0.3 is 5.32 Å². The summed E-state index contributed by atoms with van der Waals surface area (Å²) in [6, 6.07) is 10.9. The number of carbonyl (C=O) groups excluding carboxylic acids is 1. The molecular formula is C18H15F2N3OS. The van der Waals surface area contributed by atoms with Crippen LogP contribution in [0.2, 0.25) is 0 Å². The summed E-state index contributed by atoms with van der Waals surface area (Å²) in [6.45, 7) is 3.46. The molecule has 0 aliphatic carbocycles. The highest BCUT2D eigenvalue weighted by atomic mass is 32.2. The number of para-hydroxylation sites is 3. The fourth-order valence-electron chi connectivity index (χ4n) is 2.25. The quantitative estimate of drug-likeness (QED) is 0.704. The molecule has 4 nitrogen and oxygen atoms in total. The van der Waals surface area contributed by atoms with Crippen LogP contribution in [0.3, 0.4) is 0 Å². The van der Waals surface area contributed by atoms with Crippen molar-refractivity contribution < 1.29 is 13.6 Å². The third kappa shape index (κ3) is 3.76. The van der Waals surface area contributed by atoms with Crippen LogP contribution in [-0.4, -0.2) is 21.1 Å². The first kappa shape index (κ1) is 17.3. The number of hydrogen-bond acceptors (Lipinski definition) is 4. The summed E-state index contributed by atoms with van der Waals surface area (Å²) in [4.78, 5) is 21.3. The van der Waals surface area contributed by atoms with Crippen molar-refractivity contribution >= 4 is 34.4 Å². The van der Waals surface area contributed by atoms with Gasteiger partial charge in [0.15, 0.2) is 0 Å². The number of amides is 1. The highest BCUT2D eigenvalue weighted by molar-refractivity contribution is 8.00. The highest BCUT2D eigenvalue weighted by Gasteiger charge is 2.20. The summed E-state index contributed by atoms with van der Waals surface area (Å²) < 4.78 is 27.3. The third-order valence-electron chi connectivity index (χ3n) is 3.57. The van der Waals surface area contributed by atoms with Crippen LogP contribution in [0, 0.1) is 18.6 Å². The molecule has 1 heterocycles. The molecule has 0 radical (unpaired) electrons. The van der Waals surface area contributed by atoms with Crippen LogP contribution in [-0.2, 0) is 4.79 Å². The van der Waals surface area contributed by atoms with E-state index >= 15 is 0 Å². The van der Waals surface area contributed by atoms with E-state index in [2.05, 4.69) is 15.3 Å². The van der Waals surface area contributed by atoms with Gasteiger partial charge in [0.2, 0.25) is 5.91 Å². The number of fused-ring (bicyclic) bond motifs is 1. The number of aryl methyl sites for hydroxylation is 1. The Balaban J connectivity index is 1.79. The van der Waals surface area contributed by atoms with E-state index in [0.29, 0.717) is 10.7 Å². The Bertz CT molecular complexity index is 929. The van der Waals surface area contributed by atoms with Gasteiger partial charge >= 0.3 is 0 Å². The highest BCUT2D eigenvalue weighted by Crippen LogP contribution is 2.27. The topological polar surface area (TPSA) is 54.9 Å². The SMILES string of the molecule is Cc1nc2ccccc2nc1SC(C)C(=O)Nc1c(F)cccc1F. The molecule has 128 valence electrons. The summed E-state index contributed by atoms with van der Waals surface area (Å²) in [6.07, 6.45) is 0. The molecule has 3 rings (SSSR count). The second-order valence-corrected chi connectivity index (χ2v) is 6.78. The monoisotopic (exact) mass is 359 g/mol. The molecule has 1 aromatic heterocycles. The molecule has 0 aliphatic rings. The van der Waals surface area contributed by atoms with Gasteiger partial charge in [0, 0.05) is 0 Å². The van der Waals surface area contributed by atoms with Crippen molar-refractivity contribution in [2.24, 2.45) is 0 Å². The number of anilines is 1. The van der Waals surface area contributed by atoms with Crippen molar-refractivity contribution in [2.45, 2.75) is 24.1 Å². The summed E-state index contributed by atoms with van der Waals surface area (Å²) >= 11 is 1.19. The Morgan fingerprint density at radius 2 is 1.64 bits per heavy atom. The zero-order chi connectivity index (χ0) is 18.0. The average Bonchev–Trinajstić information content (AvgIpc) is 2.58. The van der Waals surface area contributed by atoms with E-state index < -0.39 is 28.5 Å². The average molecular weight is 359 g/mol. The minimum Gasteiger partial charge on any atom is -0.320 e. The summed E-state index contributed by atoms with van der Waals surface area (Å²) in [5, 5.41) is 2.30. The van der Waals surface area contributed by atoms with Gasteiger partial charge in [-0.25, -0.2) is 18.7 Å². The van der Waals surface area contributed by atoms with Crippen molar-refractivity contribution in [1.82, 2.24) is 9.97 Å². The van der Waals surface area contributed by atoms with Crippen LogP contribution in [0.4, 0.5) is 14.5 Å². The second kappa shape index (κ2) is 7.14. The molecule has 1 amide bonds. The van der Waals surface area contributed by atoms with Crippen LogP contribution < -0.4 is 5.32 Å². The van der Waals surface area contributed by atoms with Crippen molar-refractivity contribution in [3.63, 3.8) is 0 Å². The maximum atomic E-state index is 13.7. The molecule has 0 spiro atoms. The van der Waals surface area contributed by atoms with Crippen LogP contribution in [0.15, 0.2) is 47.5 Å². The molecule has 0 bridgehead atoms. The number of benzene rings is 2. The van der Waals surface area contributed by atoms with E-state index in [1.807, 2.05) is 31.2 Å². The van der Waals surface area contributed by atoms with Crippen molar-refractivity contribution in [3.8, 4) is 0 Å². The largest absolute Gasteiger partial charge is 0.320 e. The van der Waals surface area contributed by atoms with Gasteiger partial charge in [-0.2, -0.15) is 0 Å². The van der Waals surface area contributed by atoms with E-state index in [-0.39, 0.29) is 0 Å². The van der Waals surface area contributed by atoms with E-state index in [0.717, 1.165) is 23.2 Å². The minimum atomic E-state index is -0.813. The van der Waals surface area contributed by atoms with Crippen LogP contribution in [0.5, 0.6) is 0 Å². The number of hydrogen-bond donors (Lipinski definition) is 1. The summed E-state index contributed by atoms with van der Waals surface area (Å²) in [5.41, 5.74) is 1.75. The zero-order valence-electron chi connectivity index (χ0n) is 13.6. The van der Waals surface area contributed by atoms with Gasteiger partial charge in [-0.15, -0.1) is 0 Å². The van der Waals surface area contributed by atoms with E-state index in [1.54, 1.807) is 6.92 Å².